The minimum absolute atomic E-state index is 0.0350. The fourth-order valence-electron chi connectivity index (χ4n) is 1.97. The van der Waals surface area contributed by atoms with E-state index >= 15 is 0 Å². The summed E-state index contributed by atoms with van der Waals surface area (Å²) >= 11 is 2.86. The number of carbonyl (C=O) groups is 1. The molecule has 0 saturated carbocycles. The molecule has 1 unspecified atom stereocenters. The number of halogens is 5. The van der Waals surface area contributed by atoms with Crippen molar-refractivity contribution >= 4 is 27.5 Å². The number of anilines is 1. The first kappa shape index (κ1) is 14.3. The number of carbonyl (C=O) groups excluding carboxylic acids is 1. The summed E-state index contributed by atoms with van der Waals surface area (Å²) in [5, 5.41) is 2.50. The van der Waals surface area contributed by atoms with Gasteiger partial charge in [0.25, 0.3) is 0 Å². The molecule has 0 fully saturated rings. The van der Waals surface area contributed by atoms with Gasteiger partial charge in [0.2, 0.25) is 5.91 Å². The van der Waals surface area contributed by atoms with Crippen LogP contribution in [0.25, 0.3) is 0 Å². The summed E-state index contributed by atoms with van der Waals surface area (Å²) in [6.07, 6.45) is -4.86. The van der Waals surface area contributed by atoms with E-state index in [0.29, 0.717) is 17.7 Å². The van der Waals surface area contributed by atoms with E-state index in [0.717, 1.165) is 6.07 Å². The van der Waals surface area contributed by atoms with Crippen molar-refractivity contribution in [2.24, 2.45) is 0 Å². The number of aryl methyl sites for hydroxylation is 1. The molecule has 1 aliphatic heterocycles. The fourth-order valence-corrected chi connectivity index (χ4v) is 2.69. The molecule has 1 aromatic rings. The van der Waals surface area contributed by atoms with Crippen LogP contribution in [0, 0.1) is 5.82 Å². The first-order valence-electron chi connectivity index (χ1n) is 5.59. The van der Waals surface area contributed by atoms with E-state index in [1.165, 1.54) is 6.07 Å². The van der Waals surface area contributed by atoms with Crippen molar-refractivity contribution in [1.82, 2.24) is 0 Å². The second kappa shape index (κ2) is 5.11. The van der Waals surface area contributed by atoms with Crippen LogP contribution in [0.1, 0.15) is 28.8 Å². The molecule has 2 nitrogen and oxygen atoms in total. The van der Waals surface area contributed by atoms with Crippen LogP contribution >= 0.6 is 15.9 Å². The normalized spacial score (nSPS) is 16.8. The van der Waals surface area contributed by atoms with Crippen molar-refractivity contribution in [3.8, 4) is 0 Å². The highest BCUT2D eigenvalue weighted by Crippen LogP contribution is 2.38. The van der Waals surface area contributed by atoms with Crippen molar-refractivity contribution in [3.63, 3.8) is 0 Å². The lowest BCUT2D eigenvalue weighted by Gasteiger charge is -2.20. The molecule has 2 rings (SSSR count). The van der Waals surface area contributed by atoms with Crippen LogP contribution in [-0.2, 0) is 11.2 Å². The van der Waals surface area contributed by atoms with E-state index in [2.05, 4.69) is 21.2 Å². The highest BCUT2D eigenvalue weighted by Gasteiger charge is 2.33. The molecule has 1 amide bonds. The maximum absolute atomic E-state index is 13.8. The van der Waals surface area contributed by atoms with Crippen LogP contribution in [0.5, 0.6) is 0 Å². The number of hydrogen-bond donors (Lipinski definition) is 1. The number of rotatable bonds is 2. The van der Waals surface area contributed by atoms with E-state index in [1.807, 2.05) is 0 Å². The summed E-state index contributed by atoms with van der Waals surface area (Å²) in [6.45, 7) is 0. The summed E-state index contributed by atoms with van der Waals surface area (Å²) in [5.74, 6) is -0.975. The molecule has 0 spiro atoms. The Morgan fingerprint density at radius 3 is 2.63 bits per heavy atom. The van der Waals surface area contributed by atoms with Gasteiger partial charge in [-0.25, -0.2) is 4.39 Å². The third-order valence-electron chi connectivity index (χ3n) is 2.87. The van der Waals surface area contributed by atoms with Crippen LogP contribution < -0.4 is 5.32 Å². The van der Waals surface area contributed by atoms with Crippen LogP contribution in [0.2, 0.25) is 0 Å². The highest BCUT2D eigenvalue weighted by atomic mass is 79.9. The average Bonchev–Trinajstić information content (AvgIpc) is 2.25. The summed E-state index contributed by atoms with van der Waals surface area (Å²) in [7, 11) is 0. The van der Waals surface area contributed by atoms with Gasteiger partial charge in [-0.1, -0.05) is 15.9 Å². The highest BCUT2D eigenvalue weighted by molar-refractivity contribution is 9.09. The SMILES string of the molecule is O=C1CCc2cc(C(Br)CC(F)(F)F)c(F)cc2N1. The molecule has 0 radical (unpaired) electrons. The zero-order valence-corrected chi connectivity index (χ0v) is 11.2. The molecule has 1 heterocycles. The summed E-state index contributed by atoms with van der Waals surface area (Å²) < 4.78 is 50.7. The van der Waals surface area contributed by atoms with Crippen LogP contribution in [0.15, 0.2) is 12.1 Å². The van der Waals surface area contributed by atoms with Gasteiger partial charge >= 0.3 is 6.18 Å². The number of fused-ring (bicyclic) bond motifs is 1. The average molecular weight is 340 g/mol. The van der Waals surface area contributed by atoms with Crippen LogP contribution in [-0.4, -0.2) is 12.1 Å². The van der Waals surface area contributed by atoms with Crippen molar-refractivity contribution in [3.05, 3.63) is 29.1 Å². The molecule has 0 aromatic heterocycles. The maximum Gasteiger partial charge on any atom is 0.390 e. The van der Waals surface area contributed by atoms with Crippen LogP contribution in [0.3, 0.4) is 0 Å². The van der Waals surface area contributed by atoms with E-state index in [9.17, 15) is 22.4 Å². The molecule has 0 saturated heterocycles. The molecule has 7 heteroatoms. The molecule has 104 valence electrons. The van der Waals surface area contributed by atoms with E-state index < -0.39 is 23.2 Å². The second-order valence-electron chi connectivity index (χ2n) is 4.37. The minimum Gasteiger partial charge on any atom is -0.326 e. The molecule has 19 heavy (non-hydrogen) atoms. The molecule has 0 bridgehead atoms. The third kappa shape index (κ3) is 3.46. The zero-order valence-electron chi connectivity index (χ0n) is 9.65. The van der Waals surface area contributed by atoms with Crippen molar-refractivity contribution in [2.75, 3.05) is 5.32 Å². The molecule has 1 aliphatic rings. The van der Waals surface area contributed by atoms with Gasteiger partial charge in [-0.3, -0.25) is 4.79 Å². The van der Waals surface area contributed by atoms with Gasteiger partial charge in [0.15, 0.2) is 0 Å². The number of amides is 1. The van der Waals surface area contributed by atoms with Gasteiger partial charge in [0.05, 0.1) is 11.2 Å². The number of nitrogens with one attached hydrogen (secondary N) is 1. The molecular weight excluding hydrogens is 330 g/mol. The Morgan fingerprint density at radius 2 is 2.00 bits per heavy atom. The maximum atomic E-state index is 13.8. The van der Waals surface area contributed by atoms with Gasteiger partial charge in [0.1, 0.15) is 5.82 Å². The lowest BCUT2D eigenvalue weighted by atomic mass is 9.98. The fraction of sp³-hybridized carbons (Fsp3) is 0.417. The van der Waals surface area contributed by atoms with Crippen molar-refractivity contribution < 1.29 is 22.4 Å². The van der Waals surface area contributed by atoms with Gasteiger partial charge in [-0.2, -0.15) is 13.2 Å². The Balaban J connectivity index is 2.30. The molecule has 1 aromatic carbocycles. The van der Waals surface area contributed by atoms with Gasteiger partial charge in [-0.15, -0.1) is 0 Å². The Bertz CT molecular complexity index is 515. The predicted molar refractivity (Wildman–Crippen MR) is 65.7 cm³/mol. The third-order valence-corrected chi connectivity index (χ3v) is 3.68. The minimum atomic E-state index is -4.37. The zero-order chi connectivity index (χ0) is 14.2. The molecular formula is C12H10BrF4NO. The largest absolute Gasteiger partial charge is 0.390 e. The summed E-state index contributed by atoms with van der Waals surface area (Å²) in [6, 6.07) is 2.46. The Hall–Kier alpha value is -1.11. The summed E-state index contributed by atoms with van der Waals surface area (Å²) in [4.78, 5) is 10.0. The van der Waals surface area contributed by atoms with Gasteiger partial charge < -0.3 is 5.32 Å². The number of benzene rings is 1. The predicted octanol–water partition coefficient (Wildman–Crippen LogP) is 4.10. The lowest BCUT2D eigenvalue weighted by Crippen LogP contribution is -2.20. The van der Waals surface area contributed by atoms with Crippen LogP contribution in [0.4, 0.5) is 23.2 Å². The monoisotopic (exact) mass is 339 g/mol. The van der Waals surface area contributed by atoms with Gasteiger partial charge in [0, 0.05) is 17.7 Å². The second-order valence-corrected chi connectivity index (χ2v) is 5.47. The smallest absolute Gasteiger partial charge is 0.326 e. The summed E-state index contributed by atoms with van der Waals surface area (Å²) in [5.41, 5.74) is 0.957. The van der Waals surface area contributed by atoms with E-state index in [-0.39, 0.29) is 17.9 Å². The van der Waals surface area contributed by atoms with Crippen molar-refractivity contribution in [2.45, 2.75) is 30.3 Å². The number of alkyl halides is 4. The molecule has 0 aliphatic carbocycles. The molecule has 1 N–H and O–H groups in total. The van der Waals surface area contributed by atoms with E-state index in [4.69, 9.17) is 0 Å². The van der Waals surface area contributed by atoms with E-state index in [1.54, 1.807) is 0 Å². The first-order chi connectivity index (χ1) is 8.76. The lowest BCUT2D eigenvalue weighted by molar-refractivity contribution is -0.134. The first-order valence-corrected chi connectivity index (χ1v) is 6.51. The standard InChI is InChI=1S/C12H10BrF4NO/c13-8(5-12(15,16)17)7-3-6-1-2-11(19)18-10(6)4-9(7)14/h3-4,8H,1-2,5H2,(H,18,19). The van der Waals surface area contributed by atoms with Gasteiger partial charge in [-0.05, 0) is 24.1 Å². The Morgan fingerprint density at radius 1 is 1.32 bits per heavy atom. The topological polar surface area (TPSA) is 29.1 Å². The number of hydrogen-bond acceptors (Lipinski definition) is 1. The Labute approximate surface area is 115 Å². The Kier molecular flexibility index (Phi) is 3.85. The molecule has 1 atom stereocenters. The van der Waals surface area contributed by atoms with Crippen molar-refractivity contribution in [1.29, 1.82) is 0 Å². The quantitative estimate of drug-likeness (QED) is 0.637.